The molecule has 0 bridgehead atoms. The fourth-order valence-electron chi connectivity index (χ4n) is 2.81. The number of pyridine rings is 1. The van der Waals surface area contributed by atoms with Gasteiger partial charge >= 0.3 is 0 Å². The number of hydrogen-bond acceptors (Lipinski definition) is 3. The van der Waals surface area contributed by atoms with Crippen molar-refractivity contribution in [2.75, 3.05) is 13.1 Å². The first-order valence-electron chi connectivity index (χ1n) is 7.91. The lowest BCUT2D eigenvalue weighted by Gasteiger charge is -2.33. The molecule has 1 fully saturated rings. The summed E-state index contributed by atoms with van der Waals surface area (Å²) >= 11 is 6.06. The number of carbonyl (C=O) groups is 1. The van der Waals surface area contributed by atoms with Gasteiger partial charge in [0.05, 0.1) is 13.0 Å². The van der Waals surface area contributed by atoms with Crippen LogP contribution in [0.3, 0.4) is 0 Å². The summed E-state index contributed by atoms with van der Waals surface area (Å²) in [6, 6.07) is 8.08. The van der Waals surface area contributed by atoms with E-state index in [4.69, 9.17) is 16.3 Å². The van der Waals surface area contributed by atoms with Gasteiger partial charge in [0.25, 0.3) is 0 Å². The van der Waals surface area contributed by atoms with Crippen molar-refractivity contribution in [1.82, 2.24) is 9.88 Å². The number of nitrogens with zero attached hydrogens (tertiary/aromatic N) is 2. The first-order chi connectivity index (χ1) is 11.6. The molecule has 0 radical (unpaired) electrons. The maximum absolute atomic E-state index is 13.7. The summed E-state index contributed by atoms with van der Waals surface area (Å²) in [4.78, 5) is 18.1. The summed E-state index contributed by atoms with van der Waals surface area (Å²) in [7, 11) is 0. The lowest BCUT2D eigenvalue weighted by atomic mass is 10.1. The van der Waals surface area contributed by atoms with Gasteiger partial charge in [-0.05, 0) is 24.5 Å². The lowest BCUT2D eigenvalue weighted by Crippen LogP contribution is -2.45. The number of piperidine rings is 1. The fraction of sp³-hybridized carbons (Fsp3) is 0.333. The minimum Gasteiger partial charge on any atom is -0.487 e. The van der Waals surface area contributed by atoms with Crippen LogP contribution in [0.15, 0.2) is 42.7 Å². The van der Waals surface area contributed by atoms with Gasteiger partial charge in [0.2, 0.25) is 5.91 Å². The summed E-state index contributed by atoms with van der Waals surface area (Å²) in [5, 5.41) is 0.451. The highest BCUT2D eigenvalue weighted by Gasteiger charge is 2.25. The number of hydrogen-bond donors (Lipinski definition) is 0. The molecule has 1 unspecified atom stereocenters. The molecule has 0 aliphatic carbocycles. The van der Waals surface area contributed by atoms with E-state index in [2.05, 4.69) is 4.98 Å². The number of aromatic nitrogens is 1. The van der Waals surface area contributed by atoms with E-state index in [9.17, 15) is 9.18 Å². The van der Waals surface area contributed by atoms with E-state index in [1.165, 1.54) is 12.3 Å². The number of halogens is 2. The Morgan fingerprint density at radius 1 is 1.38 bits per heavy atom. The molecule has 126 valence electrons. The largest absolute Gasteiger partial charge is 0.487 e. The van der Waals surface area contributed by atoms with Crippen LogP contribution < -0.4 is 4.74 Å². The normalized spacial score (nSPS) is 17.6. The van der Waals surface area contributed by atoms with E-state index in [-0.39, 0.29) is 24.2 Å². The van der Waals surface area contributed by atoms with E-state index in [0.717, 1.165) is 12.8 Å². The maximum Gasteiger partial charge on any atom is 0.227 e. The number of rotatable bonds is 4. The van der Waals surface area contributed by atoms with Gasteiger partial charge in [-0.3, -0.25) is 9.78 Å². The number of amides is 1. The van der Waals surface area contributed by atoms with Gasteiger partial charge in [-0.25, -0.2) is 4.39 Å². The second-order valence-corrected chi connectivity index (χ2v) is 6.20. The average molecular weight is 349 g/mol. The Hall–Kier alpha value is -2.14. The average Bonchev–Trinajstić information content (AvgIpc) is 2.59. The van der Waals surface area contributed by atoms with Crippen molar-refractivity contribution in [1.29, 1.82) is 0 Å². The molecule has 1 aliphatic rings. The van der Waals surface area contributed by atoms with E-state index < -0.39 is 0 Å². The second kappa shape index (κ2) is 7.62. The molecule has 0 spiro atoms. The van der Waals surface area contributed by atoms with Crippen LogP contribution in [0.25, 0.3) is 0 Å². The Balaban J connectivity index is 1.62. The Kier molecular flexibility index (Phi) is 5.30. The summed E-state index contributed by atoms with van der Waals surface area (Å²) in [6.45, 7) is 1.14. The van der Waals surface area contributed by atoms with Crippen LogP contribution in [0.4, 0.5) is 4.39 Å². The topological polar surface area (TPSA) is 42.4 Å². The zero-order chi connectivity index (χ0) is 16.9. The van der Waals surface area contributed by atoms with Gasteiger partial charge < -0.3 is 9.64 Å². The number of ether oxygens (including phenoxy) is 1. The van der Waals surface area contributed by atoms with Crippen LogP contribution in [-0.4, -0.2) is 35.0 Å². The quantitative estimate of drug-likeness (QED) is 0.849. The van der Waals surface area contributed by atoms with Crippen molar-refractivity contribution >= 4 is 17.5 Å². The molecule has 1 atom stereocenters. The van der Waals surface area contributed by atoms with Crippen molar-refractivity contribution in [3.63, 3.8) is 0 Å². The summed E-state index contributed by atoms with van der Waals surface area (Å²) in [6.07, 6.45) is 4.78. The Morgan fingerprint density at radius 2 is 2.21 bits per heavy atom. The molecule has 1 aromatic carbocycles. The van der Waals surface area contributed by atoms with E-state index in [0.29, 0.717) is 29.4 Å². The molecule has 6 heteroatoms. The fourth-order valence-corrected chi connectivity index (χ4v) is 2.98. The Morgan fingerprint density at radius 3 is 3.00 bits per heavy atom. The molecule has 1 amide bonds. The molecule has 0 N–H and O–H groups in total. The minimum atomic E-state index is -0.348. The SMILES string of the molecule is O=C(Cc1ccccc1F)N1CCCC(Oc2ccncc2Cl)C1. The zero-order valence-corrected chi connectivity index (χ0v) is 13.9. The predicted molar refractivity (Wildman–Crippen MR) is 89.6 cm³/mol. The first-order valence-corrected chi connectivity index (χ1v) is 8.28. The van der Waals surface area contributed by atoms with Crippen molar-refractivity contribution in [3.8, 4) is 5.75 Å². The van der Waals surface area contributed by atoms with E-state index >= 15 is 0 Å². The van der Waals surface area contributed by atoms with Crippen LogP contribution in [-0.2, 0) is 11.2 Å². The van der Waals surface area contributed by atoms with Crippen LogP contribution in [0.2, 0.25) is 5.02 Å². The molecule has 0 saturated carbocycles. The third-order valence-corrected chi connectivity index (χ3v) is 4.34. The molecular weight excluding hydrogens is 331 g/mol. The zero-order valence-electron chi connectivity index (χ0n) is 13.1. The molecule has 24 heavy (non-hydrogen) atoms. The van der Waals surface area contributed by atoms with Crippen LogP contribution in [0.1, 0.15) is 18.4 Å². The third-order valence-electron chi connectivity index (χ3n) is 4.06. The smallest absolute Gasteiger partial charge is 0.227 e. The summed E-state index contributed by atoms with van der Waals surface area (Å²) in [5.41, 5.74) is 0.419. The highest BCUT2D eigenvalue weighted by atomic mass is 35.5. The van der Waals surface area contributed by atoms with Crippen LogP contribution in [0.5, 0.6) is 5.75 Å². The van der Waals surface area contributed by atoms with Crippen molar-refractivity contribution in [2.45, 2.75) is 25.4 Å². The Labute approximate surface area is 145 Å². The number of likely N-dealkylation sites (tertiary alicyclic amines) is 1. The van der Waals surface area contributed by atoms with Crippen molar-refractivity contribution < 1.29 is 13.9 Å². The molecule has 2 aromatic rings. The maximum atomic E-state index is 13.7. The van der Waals surface area contributed by atoms with Gasteiger partial charge in [-0.15, -0.1) is 0 Å². The molecule has 1 aromatic heterocycles. The van der Waals surface area contributed by atoms with Gasteiger partial charge in [-0.2, -0.15) is 0 Å². The van der Waals surface area contributed by atoms with E-state index in [1.54, 1.807) is 35.4 Å². The van der Waals surface area contributed by atoms with E-state index in [1.807, 2.05) is 0 Å². The van der Waals surface area contributed by atoms with Gasteiger partial charge in [-0.1, -0.05) is 29.8 Å². The molecule has 1 aliphatic heterocycles. The second-order valence-electron chi connectivity index (χ2n) is 5.80. The third kappa shape index (κ3) is 4.03. The predicted octanol–water partition coefficient (Wildman–Crippen LogP) is 3.49. The van der Waals surface area contributed by atoms with Gasteiger partial charge in [0, 0.05) is 25.0 Å². The molecule has 3 rings (SSSR count). The van der Waals surface area contributed by atoms with Gasteiger partial charge in [0.15, 0.2) is 0 Å². The van der Waals surface area contributed by atoms with Crippen LogP contribution in [0, 0.1) is 5.82 Å². The number of benzene rings is 1. The molecule has 2 heterocycles. The van der Waals surface area contributed by atoms with Crippen molar-refractivity contribution in [3.05, 3.63) is 59.1 Å². The first kappa shape index (κ1) is 16.7. The minimum absolute atomic E-state index is 0.0649. The lowest BCUT2D eigenvalue weighted by molar-refractivity contribution is -0.133. The highest BCUT2D eigenvalue weighted by molar-refractivity contribution is 6.31. The summed E-state index contributed by atoms with van der Waals surface area (Å²) in [5.74, 6) is 0.133. The highest BCUT2D eigenvalue weighted by Crippen LogP contribution is 2.25. The molecule has 1 saturated heterocycles. The molecule has 4 nitrogen and oxygen atoms in total. The number of carbonyl (C=O) groups excluding carboxylic acids is 1. The standard InChI is InChI=1S/C18H18ClFN2O2/c19-15-11-21-8-7-17(15)24-14-5-3-9-22(12-14)18(23)10-13-4-1-2-6-16(13)20/h1-2,4,6-8,11,14H,3,5,9-10,12H2. The summed E-state index contributed by atoms with van der Waals surface area (Å²) < 4.78 is 19.6. The van der Waals surface area contributed by atoms with Crippen LogP contribution >= 0.6 is 11.6 Å². The Bertz CT molecular complexity index is 726. The molecular formula is C18H18ClFN2O2. The monoisotopic (exact) mass is 348 g/mol. The van der Waals surface area contributed by atoms with Gasteiger partial charge in [0.1, 0.15) is 22.7 Å². The van der Waals surface area contributed by atoms with Crippen molar-refractivity contribution in [2.24, 2.45) is 0 Å².